The average Bonchev–Trinajstić information content (AvgIpc) is 3.53. The third kappa shape index (κ3) is 3.56. The minimum atomic E-state index is -0.711. The second-order valence-corrected chi connectivity index (χ2v) is 10.5. The molecule has 0 radical (unpaired) electrons. The van der Waals surface area contributed by atoms with E-state index in [1.54, 1.807) is 12.1 Å². The van der Waals surface area contributed by atoms with Crippen molar-refractivity contribution in [3.63, 3.8) is 0 Å². The molecule has 0 aliphatic carbocycles. The van der Waals surface area contributed by atoms with Crippen molar-refractivity contribution in [3.8, 4) is 11.8 Å². The average molecular weight is 495 g/mol. The van der Waals surface area contributed by atoms with Gasteiger partial charge in [0.25, 0.3) is 0 Å². The van der Waals surface area contributed by atoms with Gasteiger partial charge < -0.3 is 9.47 Å². The van der Waals surface area contributed by atoms with E-state index < -0.39 is 23.0 Å². The summed E-state index contributed by atoms with van der Waals surface area (Å²) in [6, 6.07) is 22.8. The number of nitrogens with zero attached hydrogens (tertiary/aromatic N) is 2. The van der Waals surface area contributed by atoms with Gasteiger partial charge >= 0.3 is 0 Å². The van der Waals surface area contributed by atoms with Crippen molar-refractivity contribution in [1.29, 1.82) is 5.26 Å². The second kappa shape index (κ2) is 9.00. The molecule has 3 heterocycles. The number of unbranched alkanes of at least 4 members (excludes halogenated alkanes) is 1. The highest BCUT2D eigenvalue weighted by molar-refractivity contribution is 6.26. The monoisotopic (exact) mass is 494 g/mol. The van der Waals surface area contributed by atoms with Crippen LogP contribution in [-0.4, -0.2) is 29.6 Å². The van der Waals surface area contributed by atoms with Gasteiger partial charge in [0.05, 0.1) is 47.0 Å². The summed E-state index contributed by atoms with van der Waals surface area (Å²) in [4.78, 5) is 29.7. The molecule has 37 heavy (non-hydrogen) atoms. The largest absolute Gasteiger partial charge is 0.493 e. The lowest BCUT2D eigenvalue weighted by atomic mass is 9.65. The van der Waals surface area contributed by atoms with E-state index in [9.17, 15) is 14.9 Å². The van der Waals surface area contributed by atoms with Crippen LogP contribution in [0.5, 0.6) is 5.75 Å². The van der Waals surface area contributed by atoms with Crippen LogP contribution in [0.4, 0.5) is 5.69 Å². The van der Waals surface area contributed by atoms with Crippen LogP contribution >= 0.6 is 0 Å². The molecule has 3 aromatic carbocycles. The minimum absolute atomic E-state index is 0.175. The third-order valence-corrected chi connectivity index (χ3v) is 8.57. The highest BCUT2D eigenvalue weighted by Gasteiger charge is 2.75. The molecule has 6 heteroatoms. The Morgan fingerprint density at radius 1 is 0.919 bits per heavy atom. The Labute approximate surface area is 216 Å². The lowest BCUT2D eigenvalue weighted by Gasteiger charge is -2.31. The smallest absolute Gasteiger partial charge is 0.240 e. The molecular weight excluding hydrogens is 464 g/mol. The van der Waals surface area contributed by atoms with Gasteiger partial charge in [-0.25, -0.2) is 4.90 Å². The van der Waals surface area contributed by atoms with E-state index in [4.69, 9.17) is 9.47 Å². The Bertz CT molecular complexity index is 1410. The molecule has 4 atom stereocenters. The number of amides is 2. The molecule has 188 valence electrons. The zero-order valence-electron chi connectivity index (χ0n) is 21.0. The van der Waals surface area contributed by atoms with Crippen molar-refractivity contribution in [1.82, 2.24) is 0 Å². The highest BCUT2D eigenvalue weighted by atomic mass is 16.5. The number of fused-ring (bicyclic) bond motifs is 6. The fourth-order valence-corrected chi connectivity index (χ4v) is 6.91. The molecule has 3 aromatic rings. The number of hydrogen-bond donors (Lipinski definition) is 0. The molecular formula is C31H30N2O4. The van der Waals surface area contributed by atoms with Gasteiger partial charge in [-0.3, -0.25) is 9.59 Å². The summed E-state index contributed by atoms with van der Waals surface area (Å²) in [6.07, 6.45) is 4.79. The van der Waals surface area contributed by atoms with E-state index in [0.29, 0.717) is 24.3 Å². The predicted molar refractivity (Wildman–Crippen MR) is 140 cm³/mol. The van der Waals surface area contributed by atoms with Crippen molar-refractivity contribution < 1.29 is 19.1 Å². The number of nitriles is 1. The molecule has 2 amide bonds. The Balaban J connectivity index is 1.38. The van der Waals surface area contributed by atoms with Gasteiger partial charge in [0.15, 0.2) is 0 Å². The Morgan fingerprint density at radius 3 is 2.24 bits per heavy atom. The van der Waals surface area contributed by atoms with Crippen molar-refractivity contribution in [2.24, 2.45) is 11.8 Å². The second-order valence-electron chi connectivity index (χ2n) is 10.5. The van der Waals surface area contributed by atoms with Crippen LogP contribution in [0.15, 0.2) is 66.7 Å². The Morgan fingerprint density at radius 2 is 1.57 bits per heavy atom. The van der Waals surface area contributed by atoms with E-state index in [1.165, 1.54) is 4.90 Å². The number of carbonyl (C=O) groups is 2. The molecule has 3 fully saturated rings. The maximum absolute atomic E-state index is 14.2. The van der Waals surface area contributed by atoms with Gasteiger partial charge in [-0.15, -0.1) is 0 Å². The van der Waals surface area contributed by atoms with E-state index in [2.05, 4.69) is 13.0 Å². The van der Waals surface area contributed by atoms with Gasteiger partial charge in [-0.05, 0) is 43.5 Å². The van der Waals surface area contributed by atoms with E-state index in [0.717, 1.165) is 48.6 Å². The number of hydrogen-bond acceptors (Lipinski definition) is 5. The number of imide groups is 1. The summed E-state index contributed by atoms with van der Waals surface area (Å²) < 4.78 is 12.8. The first-order valence-electron chi connectivity index (χ1n) is 13.2. The van der Waals surface area contributed by atoms with Crippen molar-refractivity contribution in [2.75, 3.05) is 11.5 Å². The molecule has 0 saturated carbocycles. The first-order chi connectivity index (χ1) is 18.0. The SMILES string of the molecule is CCCC[C@@]12CC[C@@](CCOc3ccccc3)(O1)[C@H]1C(=O)N(c3ccc(C#N)c4ccccc34)C(=O)[C@H]12. The molecule has 2 bridgehead atoms. The molecule has 6 rings (SSSR count). The van der Waals surface area contributed by atoms with Gasteiger partial charge in [-0.1, -0.05) is 62.2 Å². The lowest BCUT2D eigenvalue weighted by molar-refractivity contribution is -0.132. The maximum atomic E-state index is 14.2. The fourth-order valence-electron chi connectivity index (χ4n) is 6.91. The summed E-state index contributed by atoms with van der Waals surface area (Å²) in [5, 5.41) is 11.1. The predicted octanol–water partition coefficient (Wildman–Crippen LogP) is 5.78. The molecule has 0 spiro atoms. The fraction of sp³-hybridized carbons (Fsp3) is 0.387. The summed E-state index contributed by atoms with van der Waals surface area (Å²) in [7, 11) is 0. The molecule has 6 nitrogen and oxygen atoms in total. The van der Waals surface area contributed by atoms with Crippen LogP contribution in [0.2, 0.25) is 0 Å². The number of carbonyl (C=O) groups excluding carboxylic acids is 2. The van der Waals surface area contributed by atoms with E-state index in [1.807, 2.05) is 54.6 Å². The topological polar surface area (TPSA) is 79.6 Å². The van der Waals surface area contributed by atoms with Crippen LogP contribution in [0.3, 0.4) is 0 Å². The van der Waals surface area contributed by atoms with Crippen molar-refractivity contribution in [3.05, 3.63) is 72.3 Å². The number of benzene rings is 3. The number of ether oxygens (including phenoxy) is 2. The van der Waals surface area contributed by atoms with E-state index in [-0.39, 0.29) is 11.8 Å². The van der Waals surface area contributed by atoms with Crippen LogP contribution in [0.25, 0.3) is 10.8 Å². The van der Waals surface area contributed by atoms with Gasteiger partial charge in [0.2, 0.25) is 11.8 Å². The first kappa shape index (κ1) is 23.7. The summed E-state index contributed by atoms with van der Waals surface area (Å²) in [5.74, 6) is -0.608. The first-order valence-corrected chi connectivity index (χ1v) is 13.2. The standard InChI is InChI=1S/C31H30N2O4/c1-2-3-15-30-16-17-31(37-30,18-19-36-22-9-5-4-6-10-22)27-26(30)28(34)33(29(27)35)25-14-13-21(20-32)23-11-7-8-12-24(23)25/h4-14,26-27H,2-3,15-19H2,1H3/t26-,27+,30-,31-/m0/s1. The molecule has 0 N–H and O–H groups in total. The molecule has 3 aliphatic rings. The normalized spacial score (nSPS) is 28.1. The molecule has 0 unspecified atom stereocenters. The quantitative estimate of drug-likeness (QED) is 0.371. The van der Waals surface area contributed by atoms with Crippen molar-refractivity contribution >= 4 is 28.3 Å². The van der Waals surface area contributed by atoms with Crippen LogP contribution in [0.1, 0.15) is 51.0 Å². The number of anilines is 1. The van der Waals surface area contributed by atoms with Gasteiger partial charge in [0, 0.05) is 17.2 Å². The summed E-state index contributed by atoms with van der Waals surface area (Å²) >= 11 is 0. The Kier molecular flexibility index (Phi) is 5.77. The number of rotatable bonds is 8. The highest BCUT2D eigenvalue weighted by Crippen LogP contribution is 2.64. The lowest BCUT2D eigenvalue weighted by Crippen LogP contribution is -2.43. The van der Waals surface area contributed by atoms with Crippen LogP contribution in [-0.2, 0) is 14.3 Å². The third-order valence-electron chi connectivity index (χ3n) is 8.57. The molecule has 3 saturated heterocycles. The Hall–Kier alpha value is -3.69. The molecule has 3 aliphatic heterocycles. The van der Waals surface area contributed by atoms with Gasteiger partial charge in [-0.2, -0.15) is 5.26 Å². The molecule has 0 aromatic heterocycles. The van der Waals surface area contributed by atoms with Crippen LogP contribution < -0.4 is 9.64 Å². The minimum Gasteiger partial charge on any atom is -0.493 e. The van der Waals surface area contributed by atoms with Crippen LogP contribution in [0, 0.1) is 23.2 Å². The van der Waals surface area contributed by atoms with Gasteiger partial charge in [0.1, 0.15) is 5.75 Å². The van der Waals surface area contributed by atoms with Crippen molar-refractivity contribution in [2.45, 2.75) is 56.7 Å². The zero-order chi connectivity index (χ0) is 25.6. The maximum Gasteiger partial charge on any atom is 0.240 e. The summed E-state index contributed by atoms with van der Waals surface area (Å²) in [6.45, 7) is 2.55. The number of para-hydroxylation sites is 1. The van der Waals surface area contributed by atoms with E-state index >= 15 is 0 Å². The zero-order valence-corrected chi connectivity index (χ0v) is 21.0. The summed E-state index contributed by atoms with van der Waals surface area (Å²) in [5.41, 5.74) is -0.246.